The minimum absolute atomic E-state index is 0.721. The van der Waals surface area contributed by atoms with Gasteiger partial charge in [0.2, 0.25) is 5.95 Å². The lowest BCUT2D eigenvalue weighted by molar-refractivity contribution is 0.139. The molecule has 0 aliphatic heterocycles. The summed E-state index contributed by atoms with van der Waals surface area (Å²) in [6, 6.07) is 0. The summed E-state index contributed by atoms with van der Waals surface area (Å²) in [5, 5.41) is 3.31. The van der Waals surface area contributed by atoms with E-state index < -0.39 is 0 Å². The molecule has 0 aliphatic carbocycles. The third-order valence-corrected chi connectivity index (χ3v) is 2.39. The number of hydrogen-bond acceptors (Lipinski definition) is 4. The van der Waals surface area contributed by atoms with Crippen LogP contribution in [0.1, 0.15) is 19.0 Å². The lowest BCUT2D eigenvalue weighted by Crippen LogP contribution is -2.12. The van der Waals surface area contributed by atoms with Gasteiger partial charge in [-0.05, 0) is 20.3 Å². The zero-order chi connectivity index (χ0) is 12.5. The van der Waals surface area contributed by atoms with Crippen LogP contribution in [0.15, 0.2) is 6.20 Å². The Labute approximate surface area is 103 Å². The summed E-state index contributed by atoms with van der Waals surface area (Å²) in [5.41, 5.74) is 1.02. The molecule has 5 heteroatoms. The number of ether oxygens (including phenoxy) is 2. The Morgan fingerprint density at radius 2 is 2.24 bits per heavy atom. The maximum absolute atomic E-state index is 5.35. The predicted octanol–water partition coefficient (Wildman–Crippen LogP) is 1.68. The van der Waals surface area contributed by atoms with Crippen molar-refractivity contribution >= 4 is 5.95 Å². The highest BCUT2D eigenvalue weighted by atomic mass is 16.5. The second kappa shape index (κ2) is 8.08. The molecule has 0 saturated heterocycles. The SMILES string of the molecule is CCOCCn1cc(C)nc1NCCCOC. The molecule has 0 atom stereocenters. The lowest BCUT2D eigenvalue weighted by atomic mass is 10.4. The number of anilines is 1. The number of nitrogens with one attached hydrogen (secondary N) is 1. The van der Waals surface area contributed by atoms with Gasteiger partial charge in [0.25, 0.3) is 0 Å². The van der Waals surface area contributed by atoms with Crippen molar-refractivity contribution in [3.63, 3.8) is 0 Å². The fourth-order valence-corrected chi connectivity index (χ4v) is 1.58. The van der Waals surface area contributed by atoms with Gasteiger partial charge in [-0.3, -0.25) is 0 Å². The fourth-order valence-electron chi connectivity index (χ4n) is 1.58. The Morgan fingerprint density at radius 3 is 2.94 bits per heavy atom. The number of rotatable bonds is 9. The summed E-state index contributed by atoms with van der Waals surface area (Å²) in [6.07, 6.45) is 3.02. The summed E-state index contributed by atoms with van der Waals surface area (Å²) in [6.45, 7) is 7.95. The topological polar surface area (TPSA) is 48.3 Å². The highest BCUT2D eigenvalue weighted by Crippen LogP contribution is 2.08. The van der Waals surface area contributed by atoms with E-state index in [4.69, 9.17) is 9.47 Å². The van der Waals surface area contributed by atoms with Gasteiger partial charge in [-0.15, -0.1) is 0 Å². The van der Waals surface area contributed by atoms with Gasteiger partial charge in [-0.1, -0.05) is 0 Å². The van der Waals surface area contributed by atoms with Crippen LogP contribution in [0.25, 0.3) is 0 Å². The third kappa shape index (κ3) is 5.19. The number of nitrogens with zero attached hydrogens (tertiary/aromatic N) is 2. The van der Waals surface area contributed by atoms with Gasteiger partial charge >= 0.3 is 0 Å². The minimum Gasteiger partial charge on any atom is -0.385 e. The Bertz CT molecular complexity index is 313. The minimum atomic E-state index is 0.721. The molecular formula is C12H23N3O2. The number of aromatic nitrogens is 2. The maximum atomic E-state index is 5.35. The van der Waals surface area contributed by atoms with Crippen LogP contribution in [0.5, 0.6) is 0 Å². The van der Waals surface area contributed by atoms with Crippen LogP contribution in [0.2, 0.25) is 0 Å². The first kappa shape index (κ1) is 14.0. The number of imidazole rings is 1. The Balaban J connectivity index is 2.40. The van der Waals surface area contributed by atoms with Gasteiger partial charge in [0, 0.05) is 39.6 Å². The van der Waals surface area contributed by atoms with Crippen molar-refractivity contribution in [1.29, 1.82) is 0 Å². The molecule has 1 aromatic rings. The maximum Gasteiger partial charge on any atom is 0.203 e. The van der Waals surface area contributed by atoms with Crippen molar-refractivity contribution in [1.82, 2.24) is 9.55 Å². The monoisotopic (exact) mass is 241 g/mol. The second-order valence-electron chi connectivity index (χ2n) is 3.87. The highest BCUT2D eigenvalue weighted by Gasteiger charge is 2.04. The zero-order valence-corrected chi connectivity index (χ0v) is 11.0. The van der Waals surface area contributed by atoms with E-state index in [1.54, 1.807) is 7.11 Å². The molecule has 0 unspecified atom stereocenters. The molecule has 1 N–H and O–H groups in total. The molecule has 1 heterocycles. The molecule has 17 heavy (non-hydrogen) atoms. The van der Waals surface area contributed by atoms with Crippen molar-refractivity contribution in [3.05, 3.63) is 11.9 Å². The van der Waals surface area contributed by atoms with Crippen LogP contribution in [0.3, 0.4) is 0 Å². The highest BCUT2D eigenvalue weighted by molar-refractivity contribution is 5.28. The standard InChI is InChI=1S/C12H23N3O2/c1-4-17-9-7-15-10-11(2)14-12(15)13-6-5-8-16-3/h10H,4-9H2,1-3H3,(H,13,14). The number of methoxy groups -OCH3 is 1. The summed E-state index contributed by atoms with van der Waals surface area (Å²) >= 11 is 0. The average molecular weight is 241 g/mol. The van der Waals surface area contributed by atoms with Crippen LogP contribution in [0, 0.1) is 6.92 Å². The first-order valence-electron chi connectivity index (χ1n) is 6.12. The molecule has 0 amide bonds. The van der Waals surface area contributed by atoms with E-state index in [9.17, 15) is 0 Å². The van der Waals surface area contributed by atoms with Gasteiger partial charge in [-0.25, -0.2) is 4.98 Å². The molecular weight excluding hydrogens is 218 g/mol. The quantitative estimate of drug-likeness (QED) is 0.668. The first-order chi connectivity index (χ1) is 8.27. The molecule has 5 nitrogen and oxygen atoms in total. The third-order valence-electron chi connectivity index (χ3n) is 2.39. The van der Waals surface area contributed by atoms with Crippen LogP contribution >= 0.6 is 0 Å². The van der Waals surface area contributed by atoms with Gasteiger partial charge in [-0.2, -0.15) is 0 Å². The molecule has 0 bridgehead atoms. The van der Waals surface area contributed by atoms with Crippen LogP contribution < -0.4 is 5.32 Å². The Morgan fingerprint density at radius 1 is 1.41 bits per heavy atom. The fraction of sp³-hybridized carbons (Fsp3) is 0.750. The molecule has 0 fully saturated rings. The van der Waals surface area contributed by atoms with Crippen molar-refractivity contribution in [2.45, 2.75) is 26.8 Å². The molecule has 1 rings (SSSR count). The van der Waals surface area contributed by atoms with Crippen LogP contribution in [-0.2, 0) is 16.0 Å². The number of aryl methyl sites for hydroxylation is 1. The van der Waals surface area contributed by atoms with E-state index in [-0.39, 0.29) is 0 Å². The summed E-state index contributed by atoms with van der Waals surface area (Å²) in [5.74, 6) is 0.915. The van der Waals surface area contributed by atoms with Crippen LogP contribution in [-0.4, -0.2) is 43.0 Å². The van der Waals surface area contributed by atoms with Gasteiger partial charge in [0.1, 0.15) is 0 Å². The largest absolute Gasteiger partial charge is 0.385 e. The molecule has 0 spiro atoms. The van der Waals surface area contributed by atoms with E-state index >= 15 is 0 Å². The van der Waals surface area contributed by atoms with Gasteiger partial charge in [0.05, 0.1) is 12.3 Å². The van der Waals surface area contributed by atoms with Crippen molar-refractivity contribution in [2.24, 2.45) is 0 Å². The normalized spacial score (nSPS) is 10.8. The average Bonchev–Trinajstić information content (AvgIpc) is 2.66. The van der Waals surface area contributed by atoms with Crippen LogP contribution in [0.4, 0.5) is 5.95 Å². The smallest absolute Gasteiger partial charge is 0.203 e. The lowest BCUT2D eigenvalue weighted by Gasteiger charge is -2.09. The molecule has 1 aromatic heterocycles. The Kier molecular flexibility index (Phi) is 6.65. The molecule has 0 aliphatic rings. The van der Waals surface area contributed by atoms with E-state index in [1.807, 2.05) is 20.0 Å². The summed E-state index contributed by atoms with van der Waals surface area (Å²) in [7, 11) is 1.72. The summed E-state index contributed by atoms with van der Waals surface area (Å²) < 4.78 is 12.5. The molecule has 98 valence electrons. The Hall–Kier alpha value is -1.07. The van der Waals surface area contributed by atoms with E-state index in [0.717, 1.165) is 51.0 Å². The first-order valence-corrected chi connectivity index (χ1v) is 6.12. The van der Waals surface area contributed by atoms with E-state index in [0.29, 0.717) is 0 Å². The van der Waals surface area contributed by atoms with Crippen molar-refractivity contribution in [3.8, 4) is 0 Å². The number of hydrogen-bond donors (Lipinski definition) is 1. The molecule has 0 saturated carbocycles. The van der Waals surface area contributed by atoms with Crippen molar-refractivity contribution in [2.75, 3.05) is 38.8 Å². The predicted molar refractivity (Wildman–Crippen MR) is 68.4 cm³/mol. The summed E-state index contributed by atoms with van der Waals surface area (Å²) in [4.78, 5) is 4.44. The van der Waals surface area contributed by atoms with Gasteiger partial charge < -0.3 is 19.4 Å². The molecule has 0 aromatic carbocycles. The van der Waals surface area contributed by atoms with E-state index in [1.165, 1.54) is 0 Å². The van der Waals surface area contributed by atoms with E-state index in [2.05, 4.69) is 14.9 Å². The van der Waals surface area contributed by atoms with Gasteiger partial charge in [0.15, 0.2) is 0 Å². The second-order valence-corrected chi connectivity index (χ2v) is 3.87. The van der Waals surface area contributed by atoms with Crippen molar-refractivity contribution < 1.29 is 9.47 Å². The molecule has 0 radical (unpaired) electrons. The zero-order valence-electron chi connectivity index (χ0n) is 11.0.